The lowest BCUT2D eigenvalue weighted by Gasteiger charge is -2.04. The summed E-state index contributed by atoms with van der Waals surface area (Å²) < 4.78 is 2.03. The van der Waals surface area contributed by atoms with Gasteiger partial charge < -0.3 is 4.57 Å². The third kappa shape index (κ3) is 3.10. The largest absolute Gasteiger partial charge is 0.334 e. The number of pyridine rings is 1. The van der Waals surface area contributed by atoms with Crippen molar-refractivity contribution in [3.05, 3.63) is 72.2 Å². The van der Waals surface area contributed by atoms with E-state index in [1.165, 1.54) is 12.3 Å². The first kappa shape index (κ1) is 14.4. The maximum absolute atomic E-state index is 12.0. The molecule has 1 heterocycles. The number of benzene rings is 1. The number of Topliss-reactive ketones (excluding diaryl/α,β-unsaturated/α-hetero) is 1. The van der Waals surface area contributed by atoms with Crippen molar-refractivity contribution in [1.29, 1.82) is 0 Å². The predicted molar refractivity (Wildman–Crippen MR) is 80.8 cm³/mol. The molecule has 0 saturated carbocycles. The van der Waals surface area contributed by atoms with Crippen molar-refractivity contribution in [3.8, 4) is 0 Å². The number of halogens is 1. The molecule has 0 aliphatic carbocycles. The molecule has 2 rings (SSSR count). The number of nitro groups is 1. The average molecular weight is 384 g/mol. The number of carbonyl (C=O) groups excluding carboxylic acids is 1. The lowest BCUT2D eigenvalue weighted by molar-refractivity contribution is -0.386. The van der Waals surface area contributed by atoms with Crippen LogP contribution in [0.3, 0.4) is 0 Å². The summed E-state index contributed by atoms with van der Waals surface area (Å²) in [7, 11) is 0. The Labute approximate surface area is 127 Å². The summed E-state index contributed by atoms with van der Waals surface area (Å²) >= 11 is 2.12. The molecule has 102 valence electrons. The van der Waals surface area contributed by atoms with Gasteiger partial charge in [-0.1, -0.05) is 12.1 Å². The van der Waals surface area contributed by atoms with Gasteiger partial charge in [-0.3, -0.25) is 19.7 Å². The standard InChI is InChI=1S/C13H9IN2O4/c14-10-5-3-9(4-6-10)12(17)8-15-7-1-2-11(13(15)18)16(19)20/h1-7H,8H2. The fourth-order valence-corrected chi connectivity index (χ4v) is 2.03. The van der Waals surface area contributed by atoms with Gasteiger partial charge in [0, 0.05) is 21.4 Å². The molecule has 0 radical (unpaired) electrons. The molecule has 0 aliphatic heterocycles. The third-order valence-electron chi connectivity index (χ3n) is 2.68. The van der Waals surface area contributed by atoms with E-state index in [-0.39, 0.29) is 12.3 Å². The third-order valence-corrected chi connectivity index (χ3v) is 3.40. The minimum Gasteiger partial charge on any atom is -0.302 e. The second-order valence-electron chi connectivity index (χ2n) is 4.01. The summed E-state index contributed by atoms with van der Waals surface area (Å²) in [6.07, 6.45) is 1.36. The normalized spacial score (nSPS) is 10.2. The smallest absolute Gasteiger partial charge is 0.302 e. The van der Waals surface area contributed by atoms with E-state index >= 15 is 0 Å². The SMILES string of the molecule is O=C(Cn1cccc([N+](=O)[O-])c1=O)c1ccc(I)cc1. The van der Waals surface area contributed by atoms with E-state index in [0.717, 1.165) is 14.2 Å². The zero-order chi connectivity index (χ0) is 14.7. The highest BCUT2D eigenvalue weighted by atomic mass is 127. The zero-order valence-corrected chi connectivity index (χ0v) is 12.3. The van der Waals surface area contributed by atoms with Crippen LogP contribution < -0.4 is 5.56 Å². The summed E-state index contributed by atoms with van der Waals surface area (Å²) in [4.78, 5) is 33.7. The molecule has 1 aromatic carbocycles. The van der Waals surface area contributed by atoms with Crippen molar-refractivity contribution in [2.75, 3.05) is 0 Å². The van der Waals surface area contributed by atoms with Crippen LogP contribution in [0.25, 0.3) is 0 Å². The molecular formula is C13H9IN2O4. The molecule has 1 aromatic heterocycles. The summed E-state index contributed by atoms with van der Waals surface area (Å²) in [5, 5.41) is 10.7. The van der Waals surface area contributed by atoms with Gasteiger partial charge in [0.15, 0.2) is 5.78 Å². The molecule has 0 unspecified atom stereocenters. The Morgan fingerprint density at radius 1 is 1.25 bits per heavy atom. The van der Waals surface area contributed by atoms with Crippen LogP contribution in [0, 0.1) is 13.7 Å². The number of hydrogen-bond donors (Lipinski definition) is 0. The lowest BCUT2D eigenvalue weighted by Crippen LogP contribution is -2.25. The fraction of sp³-hybridized carbons (Fsp3) is 0.0769. The molecule has 0 fully saturated rings. The van der Waals surface area contributed by atoms with E-state index < -0.39 is 16.2 Å². The van der Waals surface area contributed by atoms with E-state index in [4.69, 9.17) is 0 Å². The molecule has 7 heteroatoms. The fourth-order valence-electron chi connectivity index (χ4n) is 1.67. The van der Waals surface area contributed by atoms with Crippen molar-refractivity contribution >= 4 is 34.1 Å². The van der Waals surface area contributed by atoms with Gasteiger partial charge in [-0.05, 0) is 40.8 Å². The van der Waals surface area contributed by atoms with Gasteiger partial charge in [0.05, 0.1) is 11.5 Å². The topological polar surface area (TPSA) is 82.2 Å². The van der Waals surface area contributed by atoms with Crippen LogP contribution in [-0.2, 0) is 6.54 Å². The highest BCUT2D eigenvalue weighted by molar-refractivity contribution is 14.1. The summed E-state index contributed by atoms with van der Waals surface area (Å²) in [5.41, 5.74) is -0.858. The van der Waals surface area contributed by atoms with Gasteiger partial charge in [-0.25, -0.2) is 0 Å². The first-order valence-corrected chi connectivity index (χ1v) is 6.69. The number of hydrogen-bond acceptors (Lipinski definition) is 4. The van der Waals surface area contributed by atoms with E-state index in [0.29, 0.717) is 5.56 Å². The highest BCUT2D eigenvalue weighted by Gasteiger charge is 2.15. The quantitative estimate of drug-likeness (QED) is 0.351. The van der Waals surface area contributed by atoms with Crippen molar-refractivity contribution in [2.24, 2.45) is 0 Å². The van der Waals surface area contributed by atoms with Gasteiger partial charge in [0.25, 0.3) is 0 Å². The van der Waals surface area contributed by atoms with Crippen LogP contribution in [0.15, 0.2) is 47.4 Å². The molecular weight excluding hydrogens is 375 g/mol. The number of rotatable bonds is 4. The Bertz CT molecular complexity index is 722. The maximum atomic E-state index is 12.0. The average Bonchev–Trinajstić information content (AvgIpc) is 2.41. The number of nitrogens with zero attached hydrogens (tertiary/aromatic N) is 2. The molecule has 0 N–H and O–H groups in total. The van der Waals surface area contributed by atoms with E-state index in [1.807, 2.05) is 0 Å². The van der Waals surface area contributed by atoms with Crippen LogP contribution >= 0.6 is 22.6 Å². The number of ketones is 1. The Kier molecular flexibility index (Phi) is 4.28. The van der Waals surface area contributed by atoms with Crippen LogP contribution in [0.2, 0.25) is 0 Å². The van der Waals surface area contributed by atoms with E-state index in [9.17, 15) is 19.7 Å². The molecule has 0 spiro atoms. The zero-order valence-electron chi connectivity index (χ0n) is 10.2. The van der Waals surface area contributed by atoms with Crippen LogP contribution in [-0.4, -0.2) is 15.3 Å². The van der Waals surface area contributed by atoms with E-state index in [2.05, 4.69) is 22.6 Å². The predicted octanol–water partition coefficient (Wildman–Crippen LogP) is 2.24. The highest BCUT2D eigenvalue weighted by Crippen LogP contribution is 2.08. The molecule has 0 amide bonds. The Hall–Kier alpha value is -2.03. The minimum absolute atomic E-state index is 0.221. The lowest BCUT2D eigenvalue weighted by atomic mass is 10.1. The van der Waals surface area contributed by atoms with Gasteiger partial charge in [-0.2, -0.15) is 0 Å². The van der Waals surface area contributed by atoms with Crippen LogP contribution in [0.4, 0.5) is 5.69 Å². The minimum atomic E-state index is -0.781. The first-order valence-electron chi connectivity index (χ1n) is 5.61. The molecule has 0 saturated heterocycles. The molecule has 2 aromatic rings. The first-order chi connectivity index (χ1) is 9.49. The Morgan fingerprint density at radius 2 is 1.90 bits per heavy atom. The van der Waals surface area contributed by atoms with Crippen molar-refractivity contribution in [3.63, 3.8) is 0 Å². The van der Waals surface area contributed by atoms with E-state index in [1.54, 1.807) is 24.3 Å². The second-order valence-corrected chi connectivity index (χ2v) is 5.26. The summed E-state index contributed by atoms with van der Waals surface area (Å²) in [6, 6.07) is 9.38. The van der Waals surface area contributed by atoms with Crippen LogP contribution in [0.1, 0.15) is 10.4 Å². The van der Waals surface area contributed by atoms with Gasteiger partial charge in [0.2, 0.25) is 0 Å². The molecule has 20 heavy (non-hydrogen) atoms. The Morgan fingerprint density at radius 3 is 2.50 bits per heavy atom. The molecule has 6 nitrogen and oxygen atoms in total. The number of aromatic nitrogens is 1. The molecule has 0 bridgehead atoms. The Balaban J connectivity index is 2.29. The maximum Gasteiger partial charge on any atom is 0.334 e. The number of carbonyl (C=O) groups is 1. The monoisotopic (exact) mass is 384 g/mol. The van der Waals surface area contributed by atoms with Gasteiger partial charge >= 0.3 is 11.2 Å². The van der Waals surface area contributed by atoms with Crippen molar-refractivity contribution in [1.82, 2.24) is 4.57 Å². The van der Waals surface area contributed by atoms with Gasteiger partial charge in [-0.15, -0.1) is 0 Å². The summed E-state index contributed by atoms with van der Waals surface area (Å²) in [6.45, 7) is -0.221. The van der Waals surface area contributed by atoms with Gasteiger partial charge in [0.1, 0.15) is 0 Å². The molecule has 0 atom stereocenters. The van der Waals surface area contributed by atoms with Crippen LogP contribution in [0.5, 0.6) is 0 Å². The molecule has 0 aliphatic rings. The second kappa shape index (κ2) is 5.95. The summed E-state index contributed by atoms with van der Waals surface area (Å²) in [5.74, 6) is -0.274. The van der Waals surface area contributed by atoms with Crippen molar-refractivity contribution in [2.45, 2.75) is 6.54 Å². The van der Waals surface area contributed by atoms with Crippen molar-refractivity contribution < 1.29 is 9.72 Å².